The van der Waals surface area contributed by atoms with Crippen LogP contribution in [0.2, 0.25) is 5.02 Å². The Morgan fingerprint density at radius 2 is 2.11 bits per heavy atom. The summed E-state index contributed by atoms with van der Waals surface area (Å²) in [5.41, 5.74) is 2.01. The van der Waals surface area contributed by atoms with E-state index in [9.17, 15) is 0 Å². The maximum Gasteiger partial charge on any atom is 0.0847 e. The van der Waals surface area contributed by atoms with E-state index >= 15 is 0 Å². The number of nitrogens with zero attached hydrogens (tertiary/aromatic N) is 2. The molecule has 1 unspecified atom stereocenters. The van der Waals surface area contributed by atoms with E-state index in [0.29, 0.717) is 12.6 Å². The minimum Gasteiger partial charge on any atom is -0.380 e. The number of nitrogens with one attached hydrogen (secondary N) is 1. The van der Waals surface area contributed by atoms with Crippen LogP contribution in [0.1, 0.15) is 38.6 Å². The average Bonchev–Trinajstić information content (AvgIpc) is 2.69. The molecule has 0 aliphatic rings. The van der Waals surface area contributed by atoms with Crippen molar-refractivity contribution >= 4 is 11.6 Å². The largest absolute Gasteiger partial charge is 0.380 e. The summed E-state index contributed by atoms with van der Waals surface area (Å²) in [6, 6.07) is 0.291. The normalized spacial score (nSPS) is 12.9. The van der Waals surface area contributed by atoms with Gasteiger partial charge in [-0.15, -0.1) is 0 Å². The van der Waals surface area contributed by atoms with Gasteiger partial charge in [0.25, 0.3) is 0 Å². The van der Waals surface area contributed by atoms with Gasteiger partial charge >= 0.3 is 0 Å². The summed E-state index contributed by atoms with van der Waals surface area (Å²) in [4.78, 5) is 0. The molecule has 0 aliphatic carbocycles. The molecule has 0 saturated carbocycles. The highest BCUT2D eigenvalue weighted by Crippen LogP contribution is 2.21. The minimum atomic E-state index is 0.291. The standard InChI is InChI=1S/C14H26ClN3O/c1-5-8-16-12(10-19-7-3)9-13-14(15)11(4)17-18(13)6-2/h12,16H,5-10H2,1-4H3. The van der Waals surface area contributed by atoms with Gasteiger partial charge in [-0.3, -0.25) is 4.68 Å². The molecule has 1 aromatic heterocycles. The van der Waals surface area contributed by atoms with E-state index in [0.717, 1.165) is 48.9 Å². The van der Waals surface area contributed by atoms with Gasteiger partial charge in [0.1, 0.15) is 0 Å². The maximum atomic E-state index is 6.35. The van der Waals surface area contributed by atoms with Crippen molar-refractivity contribution in [2.24, 2.45) is 0 Å². The Bertz CT molecular complexity index is 371. The summed E-state index contributed by atoms with van der Waals surface area (Å²) in [6.45, 7) is 11.5. The highest BCUT2D eigenvalue weighted by Gasteiger charge is 2.17. The molecule has 1 rings (SSSR count). The third-order valence-corrected chi connectivity index (χ3v) is 3.59. The predicted octanol–water partition coefficient (Wildman–Crippen LogP) is 2.81. The fourth-order valence-corrected chi connectivity index (χ4v) is 2.31. The van der Waals surface area contributed by atoms with E-state index in [1.54, 1.807) is 0 Å². The van der Waals surface area contributed by atoms with Gasteiger partial charge in [0.15, 0.2) is 0 Å². The molecule has 19 heavy (non-hydrogen) atoms. The lowest BCUT2D eigenvalue weighted by Gasteiger charge is -2.19. The first-order valence-corrected chi connectivity index (χ1v) is 7.54. The van der Waals surface area contributed by atoms with Crippen LogP contribution in [0, 0.1) is 6.92 Å². The summed E-state index contributed by atoms with van der Waals surface area (Å²) >= 11 is 6.35. The second kappa shape index (κ2) is 8.56. The molecule has 1 atom stereocenters. The van der Waals surface area contributed by atoms with E-state index in [2.05, 4.69) is 24.3 Å². The summed E-state index contributed by atoms with van der Waals surface area (Å²) in [7, 11) is 0. The van der Waals surface area contributed by atoms with Crippen molar-refractivity contribution in [3.63, 3.8) is 0 Å². The number of hydrogen-bond acceptors (Lipinski definition) is 3. The van der Waals surface area contributed by atoms with Crippen molar-refractivity contribution in [3.05, 3.63) is 16.4 Å². The highest BCUT2D eigenvalue weighted by atomic mass is 35.5. The van der Waals surface area contributed by atoms with Gasteiger partial charge in [-0.1, -0.05) is 18.5 Å². The molecule has 4 nitrogen and oxygen atoms in total. The molecule has 1 N–H and O–H groups in total. The fraction of sp³-hybridized carbons (Fsp3) is 0.786. The zero-order valence-electron chi connectivity index (χ0n) is 12.5. The van der Waals surface area contributed by atoms with E-state index in [1.165, 1.54) is 0 Å². The molecule has 1 aromatic rings. The van der Waals surface area contributed by atoms with E-state index < -0.39 is 0 Å². The highest BCUT2D eigenvalue weighted by molar-refractivity contribution is 6.31. The van der Waals surface area contributed by atoms with Crippen LogP contribution >= 0.6 is 11.6 Å². The Morgan fingerprint density at radius 3 is 2.68 bits per heavy atom. The predicted molar refractivity (Wildman–Crippen MR) is 79.9 cm³/mol. The molecule has 0 saturated heterocycles. The number of rotatable bonds is 9. The lowest BCUT2D eigenvalue weighted by molar-refractivity contribution is 0.122. The first-order chi connectivity index (χ1) is 9.13. The smallest absolute Gasteiger partial charge is 0.0847 e. The second-order valence-corrected chi connectivity index (χ2v) is 5.05. The van der Waals surface area contributed by atoms with Crippen LogP contribution in [0.5, 0.6) is 0 Å². The van der Waals surface area contributed by atoms with Gasteiger partial charge < -0.3 is 10.1 Å². The summed E-state index contributed by atoms with van der Waals surface area (Å²) in [5.74, 6) is 0. The van der Waals surface area contributed by atoms with E-state index in [1.807, 2.05) is 18.5 Å². The maximum absolute atomic E-state index is 6.35. The average molecular weight is 288 g/mol. The number of aryl methyl sites for hydroxylation is 2. The first-order valence-electron chi connectivity index (χ1n) is 7.16. The van der Waals surface area contributed by atoms with Crippen molar-refractivity contribution in [1.29, 1.82) is 0 Å². The van der Waals surface area contributed by atoms with Crippen molar-refractivity contribution in [3.8, 4) is 0 Å². The van der Waals surface area contributed by atoms with Gasteiger partial charge in [0, 0.05) is 25.6 Å². The Kier molecular flexibility index (Phi) is 7.42. The topological polar surface area (TPSA) is 39.1 Å². The molecule has 0 aromatic carbocycles. The van der Waals surface area contributed by atoms with Crippen LogP contribution in [0.4, 0.5) is 0 Å². The lowest BCUT2D eigenvalue weighted by atomic mass is 10.1. The molecule has 0 radical (unpaired) electrons. The molecule has 0 bridgehead atoms. The molecule has 5 heteroatoms. The lowest BCUT2D eigenvalue weighted by Crippen LogP contribution is -2.36. The van der Waals surface area contributed by atoms with Gasteiger partial charge in [-0.2, -0.15) is 5.10 Å². The molecule has 0 amide bonds. The van der Waals surface area contributed by atoms with E-state index in [4.69, 9.17) is 16.3 Å². The summed E-state index contributed by atoms with van der Waals surface area (Å²) in [5, 5.41) is 8.77. The molecule has 0 spiro atoms. The second-order valence-electron chi connectivity index (χ2n) is 4.68. The first kappa shape index (κ1) is 16.5. The third-order valence-electron chi connectivity index (χ3n) is 3.10. The summed E-state index contributed by atoms with van der Waals surface area (Å²) < 4.78 is 7.54. The third kappa shape index (κ3) is 4.79. The molecule has 110 valence electrons. The molecular formula is C14H26ClN3O. The number of halogens is 1. The monoisotopic (exact) mass is 287 g/mol. The number of hydrogen-bond donors (Lipinski definition) is 1. The Labute approximate surface area is 121 Å². The Morgan fingerprint density at radius 1 is 1.37 bits per heavy atom. The molecule has 0 aliphatic heterocycles. The van der Waals surface area contributed by atoms with Crippen LogP contribution in [-0.4, -0.2) is 35.6 Å². The Balaban J connectivity index is 2.76. The van der Waals surface area contributed by atoms with Crippen LogP contribution in [-0.2, 0) is 17.7 Å². The minimum absolute atomic E-state index is 0.291. The molecule has 1 heterocycles. The van der Waals surface area contributed by atoms with Crippen molar-refractivity contribution in [2.75, 3.05) is 19.8 Å². The molecule has 0 fully saturated rings. The zero-order chi connectivity index (χ0) is 14.3. The SMILES string of the molecule is CCCNC(COCC)Cc1c(Cl)c(C)nn1CC. The van der Waals surface area contributed by atoms with Gasteiger partial charge in [0.2, 0.25) is 0 Å². The van der Waals surface area contributed by atoms with Gasteiger partial charge in [-0.25, -0.2) is 0 Å². The summed E-state index contributed by atoms with van der Waals surface area (Å²) in [6.07, 6.45) is 1.97. The fourth-order valence-electron chi connectivity index (χ4n) is 2.10. The van der Waals surface area contributed by atoms with Gasteiger partial charge in [-0.05, 0) is 33.7 Å². The van der Waals surface area contributed by atoms with Crippen LogP contribution in [0.15, 0.2) is 0 Å². The quantitative estimate of drug-likeness (QED) is 0.759. The van der Waals surface area contributed by atoms with Crippen LogP contribution in [0.3, 0.4) is 0 Å². The van der Waals surface area contributed by atoms with Gasteiger partial charge in [0.05, 0.1) is 23.0 Å². The van der Waals surface area contributed by atoms with Crippen LogP contribution < -0.4 is 5.32 Å². The van der Waals surface area contributed by atoms with E-state index in [-0.39, 0.29) is 0 Å². The van der Waals surface area contributed by atoms with Crippen LogP contribution in [0.25, 0.3) is 0 Å². The number of ether oxygens (including phenoxy) is 1. The van der Waals surface area contributed by atoms with Crippen molar-refractivity contribution < 1.29 is 4.74 Å². The zero-order valence-corrected chi connectivity index (χ0v) is 13.3. The number of aromatic nitrogens is 2. The molecular weight excluding hydrogens is 262 g/mol. The van der Waals surface area contributed by atoms with Crippen molar-refractivity contribution in [2.45, 2.75) is 53.1 Å². The van der Waals surface area contributed by atoms with Crippen molar-refractivity contribution in [1.82, 2.24) is 15.1 Å². The Hall–Kier alpha value is -0.580.